The number of hydrogen-bond acceptors (Lipinski definition) is 7. The molecule has 3 aromatic rings. The molecule has 2 bridgehead atoms. The Morgan fingerprint density at radius 2 is 1.91 bits per heavy atom. The van der Waals surface area contributed by atoms with E-state index in [9.17, 15) is 27.2 Å². The topological polar surface area (TPSA) is 92.8 Å². The van der Waals surface area contributed by atoms with Gasteiger partial charge in [-0.1, -0.05) is 11.3 Å². The van der Waals surface area contributed by atoms with E-state index in [0.717, 1.165) is 63.0 Å². The Labute approximate surface area is 255 Å². The Hall–Kier alpha value is -3.45. The fourth-order valence-electron chi connectivity index (χ4n) is 7.68. The summed E-state index contributed by atoms with van der Waals surface area (Å²) in [5.74, 6) is -2.05. The number of ether oxygens (including phenoxy) is 2. The van der Waals surface area contributed by atoms with Gasteiger partial charge in [-0.15, -0.1) is 0 Å². The van der Waals surface area contributed by atoms with Crippen molar-refractivity contribution in [3.05, 3.63) is 47.3 Å². The highest BCUT2D eigenvalue weighted by Gasteiger charge is 2.51. The maximum atomic E-state index is 14.0. The molecule has 2 aliphatic carbocycles. The maximum Gasteiger partial charge on any atom is 0.419 e. The van der Waals surface area contributed by atoms with Crippen molar-refractivity contribution in [3.8, 4) is 5.75 Å². The van der Waals surface area contributed by atoms with Gasteiger partial charge in [0.25, 0.3) is 5.91 Å². The summed E-state index contributed by atoms with van der Waals surface area (Å²) in [6, 6.07) is 5.44. The fourth-order valence-corrected chi connectivity index (χ4v) is 8.82. The normalized spacial score (nSPS) is 27.9. The van der Waals surface area contributed by atoms with Crippen molar-refractivity contribution in [1.29, 1.82) is 0 Å². The standard InChI is InChI=1S/C31H32F4N4O4S/c1-42-23-7-6-21-27(44-30(37-21)39-10-8-22-17(14-39)9-11-43-22)25(23)29(41)38-26-16-3-2-15(12-16)24(26)28(40)36-18-4-5-20(32)19(13-18)31(33,34)35/h4-7,13,15-17,22,24,26H,2-3,8-12,14H2,1H3,(H,36,40)(H,38,41)/t15-,16+,17+,22-,24+,26-/m1/s1. The van der Waals surface area contributed by atoms with Crippen LogP contribution in [-0.2, 0) is 15.7 Å². The number of fused-ring (bicyclic) bond motifs is 4. The Morgan fingerprint density at radius 3 is 2.70 bits per heavy atom. The molecular weight excluding hydrogens is 600 g/mol. The predicted molar refractivity (Wildman–Crippen MR) is 156 cm³/mol. The number of carbonyl (C=O) groups excluding carboxylic acids is 2. The minimum absolute atomic E-state index is 0.0250. The fraction of sp³-hybridized carbons (Fsp3) is 0.516. The van der Waals surface area contributed by atoms with Gasteiger partial charge < -0.3 is 25.0 Å². The lowest BCUT2D eigenvalue weighted by Crippen LogP contribution is -2.48. The number of halogens is 4. The van der Waals surface area contributed by atoms with Crippen LogP contribution in [0.5, 0.6) is 5.75 Å². The van der Waals surface area contributed by atoms with Crippen LogP contribution in [0.25, 0.3) is 10.2 Å². The molecule has 7 rings (SSSR count). The minimum atomic E-state index is -4.90. The summed E-state index contributed by atoms with van der Waals surface area (Å²) < 4.78 is 65.8. The molecule has 44 heavy (non-hydrogen) atoms. The lowest BCUT2D eigenvalue weighted by molar-refractivity contribution is -0.140. The minimum Gasteiger partial charge on any atom is -0.496 e. The summed E-state index contributed by atoms with van der Waals surface area (Å²) in [7, 11) is 1.50. The van der Waals surface area contributed by atoms with Crippen molar-refractivity contribution in [2.75, 3.05) is 37.0 Å². The number of rotatable bonds is 6. The van der Waals surface area contributed by atoms with Crippen LogP contribution in [0.4, 0.5) is 28.4 Å². The predicted octanol–water partition coefficient (Wildman–Crippen LogP) is 5.86. The molecule has 4 fully saturated rings. The van der Waals surface area contributed by atoms with Crippen molar-refractivity contribution in [2.24, 2.45) is 23.7 Å². The van der Waals surface area contributed by atoms with Gasteiger partial charge in [0, 0.05) is 37.3 Å². The third-order valence-electron chi connectivity index (χ3n) is 9.77. The Bertz CT molecular complexity index is 1610. The molecule has 6 atom stereocenters. The van der Waals surface area contributed by atoms with E-state index in [0.29, 0.717) is 45.7 Å². The zero-order valence-corrected chi connectivity index (χ0v) is 24.8. The number of amides is 2. The molecule has 0 unspecified atom stereocenters. The summed E-state index contributed by atoms with van der Waals surface area (Å²) in [5.41, 5.74) is -0.561. The second-order valence-electron chi connectivity index (χ2n) is 12.2. The van der Waals surface area contributed by atoms with Crippen molar-refractivity contribution < 1.29 is 36.6 Å². The molecule has 1 aromatic heterocycles. The van der Waals surface area contributed by atoms with E-state index in [1.54, 1.807) is 6.07 Å². The van der Waals surface area contributed by atoms with Crippen LogP contribution in [0, 0.1) is 29.5 Å². The smallest absolute Gasteiger partial charge is 0.419 e. The molecule has 0 radical (unpaired) electrons. The number of hydrogen-bond donors (Lipinski definition) is 2. The van der Waals surface area contributed by atoms with Crippen LogP contribution in [0.3, 0.4) is 0 Å². The lowest BCUT2D eigenvalue weighted by Gasteiger charge is -2.33. The van der Waals surface area contributed by atoms with E-state index >= 15 is 0 Å². The number of benzene rings is 2. The molecule has 2 N–H and O–H groups in total. The molecule has 3 heterocycles. The van der Waals surface area contributed by atoms with Gasteiger partial charge >= 0.3 is 6.18 Å². The van der Waals surface area contributed by atoms with Crippen LogP contribution in [0.2, 0.25) is 0 Å². The summed E-state index contributed by atoms with van der Waals surface area (Å²) >= 11 is 1.44. The van der Waals surface area contributed by atoms with Gasteiger partial charge in [-0.3, -0.25) is 9.59 Å². The quantitative estimate of drug-likeness (QED) is 0.331. The van der Waals surface area contributed by atoms with Gasteiger partial charge in [0.05, 0.1) is 34.9 Å². The largest absolute Gasteiger partial charge is 0.496 e. The molecule has 2 saturated carbocycles. The first kappa shape index (κ1) is 29.3. The number of thiazole rings is 1. The van der Waals surface area contributed by atoms with Gasteiger partial charge in [0.2, 0.25) is 5.91 Å². The Kier molecular flexibility index (Phi) is 7.43. The van der Waals surface area contributed by atoms with Crippen LogP contribution in [0.15, 0.2) is 30.3 Å². The average molecular weight is 633 g/mol. The van der Waals surface area contributed by atoms with Crippen molar-refractivity contribution in [2.45, 2.75) is 50.4 Å². The number of nitrogens with one attached hydrogen (secondary N) is 2. The van der Waals surface area contributed by atoms with Gasteiger partial charge in [0.15, 0.2) is 5.13 Å². The van der Waals surface area contributed by atoms with Crippen LogP contribution in [-0.4, -0.2) is 55.8 Å². The van der Waals surface area contributed by atoms with Gasteiger partial charge in [-0.25, -0.2) is 9.37 Å². The number of methoxy groups -OCH3 is 1. The highest BCUT2D eigenvalue weighted by atomic mass is 32.1. The maximum absolute atomic E-state index is 14.0. The first-order valence-electron chi connectivity index (χ1n) is 14.9. The van der Waals surface area contributed by atoms with E-state index < -0.39 is 35.4 Å². The van der Waals surface area contributed by atoms with E-state index in [4.69, 9.17) is 14.5 Å². The van der Waals surface area contributed by atoms with E-state index in [1.807, 2.05) is 6.07 Å². The van der Waals surface area contributed by atoms with Gasteiger partial charge in [0.1, 0.15) is 17.1 Å². The first-order chi connectivity index (χ1) is 21.1. The summed E-state index contributed by atoms with van der Waals surface area (Å²) in [6.07, 6.45) is -0.299. The summed E-state index contributed by atoms with van der Waals surface area (Å²) in [4.78, 5) is 34.6. The Balaban J connectivity index is 1.13. The zero-order chi connectivity index (χ0) is 30.7. The molecule has 0 spiro atoms. The highest BCUT2D eigenvalue weighted by Crippen LogP contribution is 2.49. The molecule has 2 aliphatic heterocycles. The molecule has 4 aliphatic rings. The number of nitrogens with zero attached hydrogens (tertiary/aromatic N) is 2. The van der Waals surface area contributed by atoms with Crippen molar-refractivity contribution in [1.82, 2.24) is 10.3 Å². The summed E-state index contributed by atoms with van der Waals surface area (Å²) in [6.45, 7) is 2.45. The third-order valence-corrected chi connectivity index (χ3v) is 10.9. The first-order valence-corrected chi connectivity index (χ1v) is 15.7. The van der Waals surface area contributed by atoms with Crippen molar-refractivity contribution in [3.63, 3.8) is 0 Å². The molecule has 13 heteroatoms. The summed E-state index contributed by atoms with van der Waals surface area (Å²) in [5, 5.41) is 6.49. The molecular formula is C31H32F4N4O4S. The van der Waals surface area contributed by atoms with Crippen LogP contribution in [0.1, 0.15) is 48.0 Å². The van der Waals surface area contributed by atoms with Crippen LogP contribution >= 0.6 is 11.3 Å². The highest BCUT2D eigenvalue weighted by molar-refractivity contribution is 7.22. The second kappa shape index (κ2) is 11.2. The number of piperidine rings is 1. The second-order valence-corrected chi connectivity index (χ2v) is 13.2. The lowest BCUT2D eigenvalue weighted by atomic mass is 9.83. The monoisotopic (exact) mass is 632 g/mol. The van der Waals surface area contributed by atoms with Gasteiger partial charge in [-0.2, -0.15) is 13.2 Å². The third kappa shape index (κ3) is 5.17. The number of anilines is 2. The van der Waals surface area contributed by atoms with Gasteiger partial charge in [-0.05, 0) is 74.3 Å². The molecule has 234 valence electrons. The number of carbonyl (C=O) groups is 2. The zero-order valence-electron chi connectivity index (χ0n) is 24.0. The molecule has 2 aromatic carbocycles. The SMILES string of the molecule is COc1ccc2nc(N3CC[C@H]4OCC[C@H]4C3)sc2c1C(=O)N[C@@H]1[C@H]2CC[C@H](C2)[C@@H]1C(=O)Nc1ccc(F)c(C(F)(F)F)c1. The number of alkyl halides is 3. The van der Waals surface area contributed by atoms with E-state index in [2.05, 4.69) is 15.5 Å². The van der Waals surface area contributed by atoms with Crippen molar-refractivity contribution >= 4 is 44.2 Å². The van der Waals surface area contributed by atoms with Crippen LogP contribution < -0.4 is 20.3 Å². The molecule has 2 amide bonds. The molecule has 2 saturated heterocycles. The molecule has 8 nitrogen and oxygen atoms in total. The number of aromatic nitrogens is 1. The van der Waals surface area contributed by atoms with E-state index in [-0.39, 0.29) is 23.4 Å². The average Bonchev–Trinajstić information content (AvgIpc) is 3.80. The Morgan fingerprint density at radius 1 is 1.09 bits per heavy atom. The van der Waals surface area contributed by atoms with E-state index in [1.165, 1.54) is 18.4 Å².